The molecule has 1 aromatic heterocycles. The molecule has 0 unspecified atom stereocenters. The molecule has 4 aromatic rings. The minimum Gasteiger partial charge on any atom is -0.364 e. The third kappa shape index (κ3) is 4.53. The van der Waals surface area contributed by atoms with Gasteiger partial charge in [-0.05, 0) is 36.2 Å². The van der Waals surface area contributed by atoms with Gasteiger partial charge in [-0.2, -0.15) is 0 Å². The van der Waals surface area contributed by atoms with Gasteiger partial charge in [0.2, 0.25) is 0 Å². The molecular formula is C24H23N3OS. The van der Waals surface area contributed by atoms with E-state index in [0.29, 0.717) is 5.69 Å². The summed E-state index contributed by atoms with van der Waals surface area (Å²) < 4.78 is 0. The zero-order chi connectivity index (χ0) is 20.2. The maximum Gasteiger partial charge on any atom is 0.266 e. The highest BCUT2D eigenvalue weighted by atomic mass is 32.2. The first-order valence-corrected chi connectivity index (χ1v) is 10.4. The molecule has 0 saturated carbocycles. The topological polar surface area (TPSA) is 70.9 Å². The van der Waals surface area contributed by atoms with Crippen LogP contribution >= 0.6 is 11.8 Å². The average Bonchev–Trinajstić information content (AvgIpc) is 3.08. The Kier molecular flexibility index (Phi) is 5.69. The van der Waals surface area contributed by atoms with Crippen LogP contribution in [0.25, 0.3) is 10.9 Å². The number of H-pyrrole nitrogens is 1. The molecule has 1 heterocycles. The molecule has 0 atom stereocenters. The molecule has 0 radical (unpaired) electrons. The number of aromatic nitrogens is 1. The van der Waals surface area contributed by atoms with Crippen molar-refractivity contribution in [3.05, 3.63) is 95.2 Å². The first-order chi connectivity index (χ1) is 14.1. The fourth-order valence-corrected chi connectivity index (χ4v) is 4.34. The number of hydrogen-bond donors (Lipinski definition) is 3. The van der Waals surface area contributed by atoms with E-state index in [2.05, 4.69) is 59.7 Å². The summed E-state index contributed by atoms with van der Waals surface area (Å²) in [6.07, 6.45) is 0. The minimum atomic E-state index is -0.446. The van der Waals surface area contributed by atoms with Gasteiger partial charge in [-0.3, -0.25) is 4.79 Å². The largest absolute Gasteiger partial charge is 0.364 e. The Bertz CT molecular complexity index is 1130. The molecule has 4 nitrogen and oxygen atoms in total. The van der Waals surface area contributed by atoms with Gasteiger partial charge in [-0.15, -0.1) is 0 Å². The van der Waals surface area contributed by atoms with Crippen LogP contribution < -0.4 is 11.1 Å². The number of aryl methyl sites for hydroxylation is 1. The summed E-state index contributed by atoms with van der Waals surface area (Å²) >= 11 is 1.55. The SMILES string of the molecule is Cc1ccc(CNCc2ccc3c(Sc4ccccc4)c(C(N)=O)[nH]c3c2)cc1. The number of nitrogens with one attached hydrogen (secondary N) is 2. The van der Waals surface area contributed by atoms with Crippen molar-refractivity contribution in [2.45, 2.75) is 29.8 Å². The third-order valence-corrected chi connectivity index (χ3v) is 5.94. The molecule has 0 aliphatic carbocycles. The highest BCUT2D eigenvalue weighted by Crippen LogP contribution is 2.36. The summed E-state index contributed by atoms with van der Waals surface area (Å²) in [7, 11) is 0. The van der Waals surface area contributed by atoms with Crippen LogP contribution in [0.4, 0.5) is 0 Å². The summed E-state index contributed by atoms with van der Waals surface area (Å²) in [5.74, 6) is -0.446. The summed E-state index contributed by atoms with van der Waals surface area (Å²) in [6, 6.07) is 24.8. The maximum atomic E-state index is 12.0. The second kappa shape index (κ2) is 8.55. The second-order valence-corrected chi connectivity index (χ2v) is 8.16. The summed E-state index contributed by atoms with van der Waals surface area (Å²) in [5, 5.41) is 4.48. The van der Waals surface area contributed by atoms with Crippen molar-refractivity contribution in [2.75, 3.05) is 0 Å². The molecule has 4 rings (SSSR count). The van der Waals surface area contributed by atoms with E-state index in [4.69, 9.17) is 5.73 Å². The van der Waals surface area contributed by atoms with Gasteiger partial charge in [0.1, 0.15) is 5.69 Å². The Hall–Kier alpha value is -3.02. The number of rotatable bonds is 7. The Morgan fingerprint density at radius 3 is 2.38 bits per heavy atom. The number of carbonyl (C=O) groups excluding carboxylic acids is 1. The molecule has 29 heavy (non-hydrogen) atoms. The van der Waals surface area contributed by atoms with Crippen molar-refractivity contribution in [3.8, 4) is 0 Å². The van der Waals surface area contributed by atoms with Gasteiger partial charge in [-0.1, -0.05) is 71.9 Å². The molecule has 0 bridgehead atoms. The van der Waals surface area contributed by atoms with E-state index < -0.39 is 5.91 Å². The standard InChI is InChI=1S/C24H23N3OS/c1-16-7-9-17(10-8-16)14-26-15-18-11-12-20-21(13-18)27-22(24(25)28)23(20)29-19-5-3-2-4-6-19/h2-13,26-27H,14-15H2,1H3,(H2,25,28). The molecular weight excluding hydrogens is 378 g/mol. The average molecular weight is 402 g/mol. The summed E-state index contributed by atoms with van der Waals surface area (Å²) in [6.45, 7) is 3.65. The van der Waals surface area contributed by atoms with Crippen LogP contribution in [-0.4, -0.2) is 10.9 Å². The predicted molar refractivity (Wildman–Crippen MR) is 119 cm³/mol. The van der Waals surface area contributed by atoms with Crippen LogP contribution in [0.2, 0.25) is 0 Å². The predicted octanol–water partition coefficient (Wildman–Crippen LogP) is 5.02. The van der Waals surface area contributed by atoms with Gasteiger partial charge in [0, 0.05) is 28.9 Å². The van der Waals surface area contributed by atoms with Crippen LogP contribution in [-0.2, 0) is 13.1 Å². The van der Waals surface area contributed by atoms with Crippen LogP contribution in [0, 0.1) is 6.92 Å². The van der Waals surface area contributed by atoms with Crippen LogP contribution in [0.5, 0.6) is 0 Å². The van der Waals surface area contributed by atoms with Gasteiger partial charge >= 0.3 is 0 Å². The molecule has 0 fully saturated rings. The number of aromatic amines is 1. The Balaban J connectivity index is 1.54. The third-order valence-electron chi connectivity index (χ3n) is 4.80. The second-order valence-electron chi connectivity index (χ2n) is 7.08. The van der Waals surface area contributed by atoms with Gasteiger partial charge in [0.15, 0.2) is 0 Å². The van der Waals surface area contributed by atoms with Crippen molar-refractivity contribution in [1.29, 1.82) is 0 Å². The lowest BCUT2D eigenvalue weighted by molar-refractivity contribution is 0.0993. The number of fused-ring (bicyclic) bond motifs is 1. The lowest BCUT2D eigenvalue weighted by atomic mass is 10.1. The van der Waals surface area contributed by atoms with Gasteiger partial charge in [-0.25, -0.2) is 0 Å². The Morgan fingerprint density at radius 1 is 0.966 bits per heavy atom. The number of amides is 1. The van der Waals surface area contributed by atoms with E-state index in [1.165, 1.54) is 11.1 Å². The Labute approximate surface area is 174 Å². The molecule has 5 heteroatoms. The zero-order valence-corrected chi connectivity index (χ0v) is 17.1. The van der Waals surface area contributed by atoms with E-state index in [1.54, 1.807) is 11.8 Å². The van der Waals surface area contributed by atoms with Crippen LogP contribution in [0.15, 0.2) is 82.6 Å². The van der Waals surface area contributed by atoms with E-state index in [1.807, 2.05) is 30.3 Å². The molecule has 0 saturated heterocycles. The number of benzene rings is 3. The van der Waals surface area contributed by atoms with Crippen molar-refractivity contribution in [1.82, 2.24) is 10.3 Å². The number of carbonyl (C=O) groups is 1. The number of primary amides is 1. The van der Waals surface area contributed by atoms with Crippen molar-refractivity contribution >= 4 is 28.6 Å². The van der Waals surface area contributed by atoms with E-state index in [0.717, 1.165) is 39.3 Å². The molecule has 1 amide bonds. The summed E-state index contributed by atoms with van der Waals surface area (Å²) in [4.78, 5) is 17.1. The molecule has 3 aromatic carbocycles. The first kappa shape index (κ1) is 19.3. The number of nitrogens with two attached hydrogens (primary N) is 1. The maximum absolute atomic E-state index is 12.0. The highest BCUT2D eigenvalue weighted by molar-refractivity contribution is 7.99. The molecule has 4 N–H and O–H groups in total. The normalized spacial score (nSPS) is 11.1. The molecule has 146 valence electrons. The van der Waals surface area contributed by atoms with Crippen LogP contribution in [0.3, 0.4) is 0 Å². The smallest absolute Gasteiger partial charge is 0.266 e. The monoisotopic (exact) mass is 401 g/mol. The lowest BCUT2D eigenvalue weighted by Crippen LogP contribution is -2.12. The number of hydrogen-bond acceptors (Lipinski definition) is 3. The first-order valence-electron chi connectivity index (χ1n) is 9.54. The molecule has 0 aliphatic rings. The zero-order valence-electron chi connectivity index (χ0n) is 16.2. The van der Waals surface area contributed by atoms with Gasteiger partial charge in [0.05, 0.1) is 4.90 Å². The van der Waals surface area contributed by atoms with E-state index >= 15 is 0 Å². The van der Waals surface area contributed by atoms with Crippen LogP contribution in [0.1, 0.15) is 27.2 Å². The lowest BCUT2D eigenvalue weighted by Gasteiger charge is -2.06. The fraction of sp³-hybridized carbons (Fsp3) is 0.125. The van der Waals surface area contributed by atoms with Crippen molar-refractivity contribution in [3.63, 3.8) is 0 Å². The quantitative estimate of drug-likeness (QED) is 0.407. The Morgan fingerprint density at radius 2 is 1.66 bits per heavy atom. The minimum absolute atomic E-state index is 0.446. The van der Waals surface area contributed by atoms with Crippen molar-refractivity contribution < 1.29 is 4.79 Å². The van der Waals surface area contributed by atoms with Gasteiger partial charge in [0.25, 0.3) is 5.91 Å². The highest BCUT2D eigenvalue weighted by Gasteiger charge is 2.17. The van der Waals surface area contributed by atoms with Gasteiger partial charge < -0.3 is 16.0 Å². The molecule has 0 spiro atoms. The summed E-state index contributed by atoms with van der Waals surface area (Å²) in [5.41, 5.74) is 10.7. The van der Waals surface area contributed by atoms with E-state index in [9.17, 15) is 4.79 Å². The molecule has 0 aliphatic heterocycles. The fourth-order valence-electron chi connectivity index (χ4n) is 3.27. The van der Waals surface area contributed by atoms with Crippen molar-refractivity contribution in [2.24, 2.45) is 5.73 Å². The van der Waals surface area contributed by atoms with E-state index in [-0.39, 0.29) is 0 Å².